The second-order valence-corrected chi connectivity index (χ2v) is 5.47. The number of rotatable bonds is 6. The van der Waals surface area contributed by atoms with E-state index in [-0.39, 0.29) is 23.3 Å². The van der Waals surface area contributed by atoms with Crippen molar-refractivity contribution in [2.75, 3.05) is 13.2 Å². The fourth-order valence-electron chi connectivity index (χ4n) is 2.31. The molecule has 1 saturated heterocycles. The molecule has 3 atom stereocenters. The molecule has 0 aromatic rings. The summed E-state index contributed by atoms with van der Waals surface area (Å²) in [7, 11) is 0. The first-order chi connectivity index (χ1) is 8.08. The van der Waals surface area contributed by atoms with Gasteiger partial charge in [0.15, 0.2) is 0 Å². The third-order valence-electron chi connectivity index (χ3n) is 3.60. The number of nitrogens with one attached hydrogen (secondary N) is 1. The minimum absolute atomic E-state index is 0.00979. The van der Waals surface area contributed by atoms with Gasteiger partial charge in [0.05, 0.1) is 24.0 Å². The maximum atomic E-state index is 11.8. The van der Waals surface area contributed by atoms with Gasteiger partial charge in [0.25, 0.3) is 0 Å². The smallest absolute Gasteiger partial charge is 0.225 e. The van der Waals surface area contributed by atoms with Gasteiger partial charge < -0.3 is 10.1 Å². The van der Waals surface area contributed by atoms with E-state index in [1.54, 1.807) is 0 Å². The summed E-state index contributed by atoms with van der Waals surface area (Å²) in [6.07, 6.45) is 3.15. The molecule has 4 heteroatoms. The maximum Gasteiger partial charge on any atom is 0.225 e. The normalized spacial score (nSPS) is 26.2. The molecule has 3 nitrogen and oxygen atoms in total. The Balaban J connectivity index is 2.27. The Kier molecular flexibility index (Phi) is 6.28. The van der Waals surface area contributed by atoms with Gasteiger partial charge in [0.2, 0.25) is 5.91 Å². The number of ether oxygens (including phenoxy) is 1. The highest BCUT2D eigenvalue weighted by Gasteiger charge is 2.28. The van der Waals surface area contributed by atoms with E-state index in [0.29, 0.717) is 19.1 Å². The highest BCUT2D eigenvalue weighted by atomic mass is 35.5. The van der Waals surface area contributed by atoms with E-state index in [4.69, 9.17) is 16.3 Å². The molecular formula is C13H24ClNO2. The molecular weight excluding hydrogens is 238 g/mol. The molecule has 0 aromatic heterocycles. The lowest BCUT2D eigenvalue weighted by Gasteiger charge is -2.20. The molecule has 1 N–H and O–H groups in total. The summed E-state index contributed by atoms with van der Waals surface area (Å²) in [6, 6.07) is 0. The molecule has 1 heterocycles. The summed E-state index contributed by atoms with van der Waals surface area (Å²) in [6.45, 7) is 7.39. The minimum Gasteiger partial charge on any atom is -0.378 e. The SMILES string of the molecule is CCC(CC)C(Cl)CNC(=O)C1COC(C)C1. The first-order valence-corrected chi connectivity index (χ1v) is 7.05. The molecule has 3 unspecified atom stereocenters. The summed E-state index contributed by atoms with van der Waals surface area (Å²) in [4.78, 5) is 11.8. The van der Waals surface area contributed by atoms with Crippen LogP contribution < -0.4 is 5.32 Å². The van der Waals surface area contributed by atoms with Gasteiger partial charge in [-0.2, -0.15) is 0 Å². The summed E-state index contributed by atoms with van der Waals surface area (Å²) < 4.78 is 5.39. The van der Waals surface area contributed by atoms with Crippen molar-refractivity contribution >= 4 is 17.5 Å². The van der Waals surface area contributed by atoms with Crippen LogP contribution >= 0.6 is 11.6 Å². The van der Waals surface area contributed by atoms with E-state index < -0.39 is 0 Å². The summed E-state index contributed by atoms with van der Waals surface area (Å²) >= 11 is 6.28. The lowest BCUT2D eigenvalue weighted by molar-refractivity contribution is -0.124. The molecule has 0 aliphatic carbocycles. The van der Waals surface area contributed by atoms with Gasteiger partial charge in [0, 0.05) is 6.54 Å². The van der Waals surface area contributed by atoms with Gasteiger partial charge in [0.1, 0.15) is 0 Å². The van der Waals surface area contributed by atoms with E-state index in [1.807, 2.05) is 6.92 Å². The quantitative estimate of drug-likeness (QED) is 0.747. The topological polar surface area (TPSA) is 38.3 Å². The molecule has 0 aromatic carbocycles. The van der Waals surface area contributed by atoms with Crippen LogP contribution in [0.15, 0.2) is 0 Å². The zero-order valence-electron chi connectivity index (χ0n) is 11.0. The Morgan fingerprint density at radius 3 is 2.59 bits per heavy atom. The summed E-state index contributed by atoms with van der Waals surface area (Å²) in [5, 5.41) is 2.98. The first kappa shape index (κ1) is 14.8. The number of carbonyl (C=O) groups is 1. The number of carbonyl (C=O) groups excluding carboxylic acids is 1. The van der Waals surface area contributed by atoms with Crippen molar-refractivity contribution in [3.05, 3.63) is 0 Å². The fourth-order valence-corrected chi connectivity index (χ4v) is 2.74. The van der Waals surface area contributed by atoms with E-state index >= 15 is 0 Å². The van der Waals surface area contributed by atoms with Crippen molar-refractivity contribution in [3.63, 3.8) is 0 Å². The molecule has 1 fully saturated rings. The van der Waals surface area contributed by atoms with Crippen LogP contribution in [0.5, 0.6) is 0 Å². The molecule has 1 rings (SSSR count). The van der Waals surface area contributed by atoms with Gasteiger partial charge in [-0.25, -0.2) is 0 Å². The van der Waals surface area contributed by atoms with Crippen molar-refractivity contribution in [1.29, 1.82) is 0 Å². The zero-order chi connectivity index (χ0) is 12.8. The Bertz CT molecular complexity index is 244. The number of hydrogen-bond donors (Lipinski definition) is 1. The predicted octanol–water partition coefficient (Wildman–Crippen LogP) is 2.57. The predicted molar refractivity (Wildman–Crippen MR) is 70.2 cm³/mol. The average molecular weight is 262 g/mol. The van der Waals surface area contributed by atoms with Crippen LogP contribution in [0.25, 0.3) is 0 Å². The molecule has 0 spiro atoms. The van der Waals surface area contributed by atoms with E-state index in [9.17, 15) is 4.79 Å². The largest absolute Gasteiger partial charge is 0.378 e. The lowest BCUT2D eigenvalue weighted by atomic mass is 9.98. The van der Waals surface area contributed by atoms with Crippen molar-refractivity contribution in [2.24, 2.45) is 11.8 Å². The van der Waals surface area contributed by atoms with Gasteiger partial charge >= 0.3 is 0 Å². The van der Waals surface area contributed by atoms with E-state index in [1.165, 1.54) is 0 Å². The summed E-state index contributed by atoms with van der Waals surface area (Å²) in [5.41, 5.74) is 0. The maximum absolute atomic E-state index is 11.8. The molecule has 0 saturated carbocycles. The minimum atomic E-state index is 0.00979. The van der Waals surface area contributed by atoms with Crippen LogP contribution in [0.4, 0.5) is 0 Å². The Labute approximate surface area is 109 Å². The van der Waals surface area contributed by atoms with Gasteiger partial charge in [-0.1, -0.05) is 26.7 Å². The van der Waals surface area contributed by atoms with Crippen LogP contribution in [-0.2, 0) is 9.53 Å². The van der Waals surface area contributed by atoms with Crippen LogP contribution in [0, 0.1) is 11.8 Å². The molecule has 0 radical (unpaired) electrons. The second-order valence-electron chi connectivity index (χ2n) is 4.91. The van der Waals surface area contributed by atoms with Crippen molar-refractivity contribution < 1.29 is 9.53 Å². The van der Waals surface area contributed by atoms with Crippen LogP contribution in [-0.4, -0.2) is 30.5 Å². The zero-order valence-corrected chi connectivity index (χ0v) is 11.8. The highest BCUT2D eigenvalue weighted by Crippen LogP contribution is 2.20. The third kappa shape index (κ3) is 4.47. The van der Waals surface area contributed by atoms with Crippen LogP contribution in [0.2, 0.25) is 0 Å². The third-order valence-corrected chi connectivity index (χ3v) is 4.11. The lowest BCUT2D eigenvalue weighted by Crippen LogP contribution is -2.37. The second kappa shape index (κ2) is 7.22. The molecule has 1 aliphatic heterocycles. The molecule has 100 valence electrons. The summed E-state index contributed by atoms with van der Waals surface area (Å²) in [5.74, 6) is 0.581. The van der Waals surface area contributed by atoms with Gasteiger partial charge in [-0.3, -0.25) is 4.79 Å². The van der Waals surface area contributed by atoms with Gasteiger partial charge in [-0.05, 0) is 19.3 Å². The van der Waals surface area contributed by atoms with Crippen molar-refractivity contribution in [2.45, 2.75) is 51.5 Å². The number of halogens is 1. The number of alkyl halides is 1. The van der Waals surface area contributed by atoms with Crippen LogP contribution in [0.1, 0.15) is 40.0 Å². The number of hydrogen-bond acceptors (Lipinski definition) is 2. The number of amides is 1. The monoisotopic (exact) mass is 261 g/mol. The Morgan fingerprint density at radius 1 is 1.47 bits per heavy atom. The van der Waals surface area contributed by atoms with Gasteiger partial charge in [-0.15, -0.1) is 11.6 Å². The molecule has 1 aliphatic rings. The molecule has 17 heavy (non-hydrogen) atoms. The fraction of sp³-hybridized carbons (Fsp3) is 0.923. The van der Waals surface area contributed by atoms with E-state index in [0.717, 1.165) is 19.3 Å². The molecule has 1 amide bonds. The van der Waals surface area contributed by atoms with Crippen molar-refractivity contribution in [3.8, 4) is 0 Å². The average Bonchev–Trinajstić information content (AvgIpc) is 2.74. The first-order valence-electron chi connectivity index (χ1n) is 6.61. The Morgan fingerprint density at radius 2 is 2.12 bits per heavy atom. The van der Waals surface area contributed by atoms with Crippen molar-refractivity contribution in [1.82, 2.24) is 5.32 Å². The van der Waals surface area contributed by atoms with E-state index in [2.05, 4.69) is 19.2 Å². The molecule has 0 bridgehead atoms. The van der Waals surface area contributed by atoms with Crippen LogP contribution in [0.3, 0.4) is 0 Å². The Hall–Kier alpha value is -0.280. The standard InChI is InChI=1S/C13H24ClNO2/c1-4-10(5-2)12(14)7-15-13(16)11-6-9(3)17-8-11/h9-12H,4-8H2,1-3H3,(H,15,16). The highest BCUT2D eigenvalue weighted by molar-refractivity contribution is 6.21.